The van der Waals surface area contributed by atoms with Crippen LogP contribution < -0.4 is 5.73 Å². The highest BCUT2D eigenvalue weighted by molar-refractivity contribution is 6.35. The Labute approximate surface area is 104 Å². The van der Waals surface area contributed by atoms with E-state index in [1.54, 1.807) is 12.3 Å². The molecule has 82 valence electrons. The van der Waals surface area contributed by atoms with Crippen molar-refractivity contribution in [1.29, 1.82) is 0 Å². The molecule has 0 amide bonds. The molecule has 1 aromatic heterocycles. The number of hydrogen-bond acceptors (Lipinski definition) is 2. The van der Waals surface area contributed by atoms with Gasteiger partial charge in [-0.05, 0) is 36.8 Å². The van der Waals surface area contributed by atoms with Crippen molar-refractivity contribution in [2.75, 3.05) is 5.73 Å². The number of rotatable bonds is 1. The monoisotopic (exact) mass is 252 g/mol. The first-order valence-corrected chi connectivity index (χ1v) is 5.50. The summed E-state index contributed by atoms with van der Waals surface area (Å²) in [5, 5.41) is 1.20. The number of benzene rings is 1. The molecule has 4 heteroatoms. The Balaban J connectivity index is 2.54. The van der Waals surface area contributed by atoms with Crippen molar-refractivity contribution >= 4 is 28.9 Å². The van der Waals surface area contributed by atoms with Gasteiger partial charge in [-0.15, -0.1) is 0 Å². The van der Waals surface area contributed by atoms with Gasteiger partial charge in [0.15, 0.2) is 0 Å². The molecular weight excluding hydrogens is 243 g/mol. The molecule has 0 saturated heterocycles. The van der Waals surface area contributed by atoms with Crippen LogP contribution in [0.1, 0.15) is 5.69 Å². The van der Waals surface area contributed by atoms with Crippen LogP contribution in [-0.4, -0.2) is 4.98 Å². The molecule has 0 unspecified atom stereocenters. The summed E-state index contributed by atoms with van der Waals surface area (Å²) in [5.74, 6) is 0. The standard InChI is InChI=1S/C12H10Cl2N2/c1-7-12(15)4-9(6-16-7)8-2-10(13)5-11(14)3-8/h2-6H,15H2,1H3. The molecule has 0 radical (unpaired) electrons. The number of aryl methyl sites for hydroxylation is 1. The summed E-state index contributed by atoms with van der Waals surface area (Å²) in [5.41, 5.74) is 9.11. The maximum absolute atomic E-state index is 5.93. The van der Waals surface area contributed by atoms with Crippen LogP contribution in [0.25, 0.3) is 11.1 Å². The third kappa shape index (κ3) is 2.29. The topological polar surface area (TPSA) is 38.9 Å². The number of nitrogens with two attached hydrogens (primary N) is 1. The Morgan fingerprint density at radius 3 is 2.19 bits per heavy atom. The van der Waals surface area contributed by atoms with Crippen LogP contribution >= 0.6 is 23.2 Å². The van der Waals surface area contributed by atoms with Gasteiger partial charge in [-0.25, -0.2) is 0 Å². The predicted octanol–water partition coefficient (Wildman–Crippen LogP) is 3.95. The Bertz CT molecular complexity index is 518. The normalized spacial score (nSPS) is 10.4. The fourth-order valence-corrected chi connectivity index (χ4v) is 1.95. The number of nitrogen functional groups attached to an aromatic ring is 1. The Kier molecular flexibility index (Phi) is 3.03. The van der Waals surface area contributed by atoms with E-state index < -0.39 is 0 Å². The van der Waals surface area contributed by atoms with Gasteiger partial charge in [0, 0.05) is 21.8 Å². The van der Waals surface area contributed by atoms with Crippen molar-refractivity contribution in [2.45, 2.75) is 6.92 Å². The summed E-state index contributed by atoms with van der Waals surface area (Å²) >= 11 is 11.9. The summed E-state index contributed by atoms with van der Waals surface area (Å²) in [4.78, 5) is 4.20. The van der Waals surface area contributed by atoms with Crippen molar-refractivity contribution in [2.24, 2.45) is 0 Å². The smallest absolute Gasteiger partial charge is 0.0602 e. The fraction of sp³-hybridized carbons (Fsp3) is 0.0833. The lowest BCUT2D eigenvalue weighted by molar-refractivity contribution is 1.21. The SMILES string of the molecule is Cc1ncc(-c2cc(Cl)cc(Cl)c2)cc1N. The summed E-state index contributed by atoms with van der Waals surface area (Å²) in [6.45, 7) is 1.87. The highest BCUT2D eigenvalue weighted by atomic mass is 35.5. The molecule has 0 saturated carbocycles. The van der Waals surface area contributed by atoms with Crippen LogP contribution in [-0.2, 0) is 0 Å². The van der Waals surface area contributed by atoms with Crippen LogP contribution in [0.4, 0.5) is 5.69 Å². The molecule has 0 spiro atoms. The summed E-state index contributed by atoms with van der Waals surface area (Å²) in [7, 11) is 0. The molecule has 2 nitrogen and oxygen atoms in total. The van der Waals surface area contributed by atoms with Crippen molar-refractivity contribution < 1.29 is 0 Å². The van der Waals surface area contributed by atoms with Crippen LogP contribution in [0.2, 0.25) is 10.0 Å². The highest BCUT2D eigenvalue weighted by Gasteiger charge is 2.03. The second kappa shape index (κ2) is 4.32. The molecule has 2 aromatic rings. The van der Waals surface area contributed by atoms with Gasteiger partial charge in [0.1, 0.15) is 0 Å². The molecule has 0 aliphatic carbocycles. The van der Waals surface area contributed by atoms with Gasteiger partial charge in [-0.1, -0.05) is 23.2 Å². The zero-order chi connectivity index (χ0) is 11.7. The van der Waals surface area contributed by atoms with Gasteiger partial charge in [0.2, 0.25) is 0 Å². The Morgan fingerprint density at radius 2 is 1.62 bits per heavy atom. The molecule has 1 heterocycles. The molecule has 0 bridgehead atoms. The van der Waals surface area contributed by atoms with E-state index in [-0.39, 0.29) is 0 Å². The maximum atomic E-state index is 5.93. The molecule has 0 aliphatic rings. The van der Waals surface area contributed by atoms with Gasteiger partial charge in [-0.3, -0.25) is 4.98 Å². The molecule has 2 rings (SSSR count). The van der Waals surface area contributed by atoms with Gasteiger partial charge < -0.3 is 5.73 Å². The number of nitrogens with zero attached hydrogens (tertiary/aromatic N) is 1. The molecule has 2 N–H and O–H groups in total. The third-order valence-corrected chi connectivity index (χ3v) is 2.76. The number of hydrogen-bond donors (Lipinski definition) is 1. The highest BCUT2D eigenvalue weighted by Crippen LogP contribution is 2.28. The predicted molar refractivity (Wildman–Crippen MR) is 68.8 cm³/mol. The number of aromatic nitrogens is 1. The summed E-state index contributed by atoms with van der Waals surface area (Å²) < 4.78 is 0. The van der Waals surface area contributed by atoms with Gasteiger partial charge in [0.25, 0.3) is 0 Å². The van der Waals surface area contributed by atoms with Crippen LogP contribution in [0, 0.1) is 6.92 Å². The number of pyridine rings is 1. The van der Waals surface area contributed by atoms with Crippen molar-refractivity contribution in [1.82, 2.24) is 4.98 Å². The van der Waals surface area contributed by atoms with E-state index in [4.69, 9.17) is 28.9 Å². The lowest BCUT2D eigenvalue weighted by atomic mass is 10.1. The lowest BCUT2D eigenvalue weighted by Gasteiger charge is -2.05. The average Bonchev–Trinajstić information content (AvgIpc) is 2.20. The van der Waals surface area contributed by atoms with E-state index in [1.165, 1.54) is 0 Å². The zero-order valence-corrected chi connectivity index (χ0v) is 10.2. The second-order valence-corrected chi connectivity index (χ2v) is 4.43. The molecule has 1 aromatic carbocycles. The van der Waals surface area contributed by atoms with Crippen molar-refractivity contribution in [3.8, 4) is 11.1 Å². The first-order chi connectivity index (χ1) is 7.56. The number of anilines is 1. The molecule has 0 fully saturated rings. The van der Waals surface area contributed by atoms with E-state index in [1.807, 2.05) is 25.1 Å². The fourth-order valence-electron chi connectivity index (χ4n) is 1.43. The van der Waals surface area contributed by atoms with E-state index in [2.05, 4.69) is 4.98 Å². The molecule has 0 aliphatic heterocycles. The van der Waals surface area contributed by atoms with Gasteiger partial charge in [-0.2, -0.15) is 0 Å². The summed E-state index contributed by atoms with van der Waals surface area (Å²) in [6, 6.07) is 7.22. The van der Waals surface area contributed by atoms with Crippen LogP contribution in [0.5, 0.6) is 0 Å². The van der Waals surface area contributed by atoms with Gasteiger partial charge in [0.05, 0.1) is 11.4 Å². The molecule has 16 heavy (non-hydrogen) atoms. The Morgan fingerprint density at radius 1 is 1.00 bits per heavy atom. The third-order valence-electron chi connectivity index (χ3n) is 2.32. The minimum atomic E-state index is 0.599. The van der Waals surface area contributed by atoms with Crippen LogP contribution in [0.3, 0.4) is 0 Å². The average molecular weight is 253 g/mol. The molecule has 0 atom stereocenters. The van der Waals surface area contributed by atoms with E-state index in [0.717, 1.165) is 16.8 Å². The van der Waals surface area contributed by atoms with Crippen molar-refractivity contribution in [3.05, 3.63) is 46.2 Å². The van der Waals surface area contributed by atoms with Crippen LogP contribution in [0.15, 0.2) is 30.5 Å². The lowest BCUT2D eigenvalue weighted by Crippen LogP contribution is -1.93. The molecular formula is C12H10Cl2N2. The minimum Gasteiger partial charge on any atom is -0.397 e. The van der Waals surface area contributed by atoms with E-state index >= 15 is 0 Å². The first kappa shape index (κ1) is 11.2. The van der Waals surface area contributed by atoms with E-state index in [9.17, 15) is 0 Å². The zero-order valence-electron chi connectivity index (χ0n) is 8.67. The van der Waals surface area contributed by atoms with E-state index in [0.29, 0.717) is 15.7 Å². The van der Waals surface area contributed by atoms with Gasteiger partial charge >= 0.3 is 0 Å². The minimum absolute atomic E-state index is 0.599. The quantitative estimate of drug-likeness (QED) is 0.835. The van der Waals surface area contributed by atoms with Crippen molar-refractivity contribution in [3.63, 3.8) is 0 Å². The first-order valence-electron chi connectivity index (χ1n) is 4.75. The summed E-state index contributed by atoms with van der Waals surface area (Å²) in [6.07, 6.45) is 1.76. The number of halogens is 2. The second-order valence-electron chi connectivity index (χ2n) is 3.56. The Hall–Kier alpha value is -1.25. The maximum Gasteiger partial charge on any atom is 0.0602 e. The largest absolute Gasteiger partial charge is 0.397 e.